The lowest BCUT2D eigenvalue weighted by atomic mass is 10.2. The fourth-order valence-electron chi connectivity index (χ4n) is 1.80. The number of hydrogen-bond donors (Lipinski definition) is 2. The van der Waals surface area contributed by atoms with E-state index < -0.39 is 12.1 Å². The minimum absolute atomic E-state index is 0.0487. The molecular weight excluding hydrogens is 292 g/mol. The second kappa shape index (κ2) is 8.63. The van der Waals surface area contributed by atoms with E-state index in [1.54, 1.807) is 16.2 Å². The van der Waals surface area contributed by atoms with Gasteiger partial charge in [-0.15, -0.1) is 11.3 Å². The third-order valence-corrected chi connectivity index (χ3v) is 3.87. The number of carbonyl (C=O) groups excluding carboxylic acids is 1. The first kappa shape index (κ1) is 17.5. The maximum absolute atomic E-state index is 12.2. The molecule has 0 bridgehead atoms. The van der Waals surface area contributed by atoms with Gasteiger partial charge in [0.05, 0.1) is 19.1 Å². The molecule has 2 amide bonds. The van der Waals surface area contributed by atoms with E-state index in [-0.39, 0.29) is 25.0 Å². The molecule has 2 N–H and O–H groups in total. The number of ether oxygens (including phenoxy) is 1. The van der Waals surface area contributed by atoms with Crippen LogP contribution in [0.5, 0.6) is 0 Å². The summed E-state index contributed by atoms with van der Waals surface area (Å²) < 4.78 is 5.05. The Balaban J connectivity index is 2.54. The summed E-state index contributed by atoms with van der Waals surface area (Å²) in [5, 5.41) is 13.5. The van der Waals surface area contributed by atoms with Crippen LogP contribution >= 0.6 is 11.3 Å². The summed E-state index contributed by atoms with van der Waals surface area (Å²) in [6.45, 7) is 4.60. The lowest BCUT2D eigenvalue weighted by molar-refractivity contribution is -0.139. The van der Waals surface area contributed by atoms with Crippen LogP contribution in [0.15, 0.2) is 17.5 Å². The molecule has 1 unspecified atom stereocenters. The monoisotopic (exact) mass is 314 g/mol. The number of carboxylic acids is 1. The first-order valence-electron chi connectivity index (χ1n) is 6.75. The lowest BCUT2D eigenvalue weighted by Crippen LogP contribution is -2.46. The number of nitrogens with one attached hydrogen (secondary N) is 1. The zero-order valence-electron chi connectivity index (χ0n) is 12.5. The van der Waals surface area contributed by atoms with Gasteiger partial charge in [-0.2, -0.15) is 0 Å². The lowest BCUT2D eigenvalue weighted by Gasteiger charge is -2.27. The van der Waals surface area contributed by atoms with Crippen molar-refractivity contribution in [2.45, 2.75) is 39.0 Å². The maximum atomic E-state index is 12.2. The molecule has 1 aromatic rings. The van der Waals surface area contributed by atoms with E-state index in [1.165, 1.54) is 7.11 Å². The number of rotatable bonds is 8. The average molecular weight is 314 g/mol. The number of urea groups is 1. The van der Waals surface area contributed by atoms with Gasteiger partial charge in [-0.3, -0.25) is 4.79 Å². The minimum Gasteiger partial charge on any atom is -0.481 e. The number of thiophene rings is 1. The number of aliphatic carboxylic acids is 1. The highest BCUT2D eigenvalue weighted by atomic mass is 32.1. The summed E-state index contributed by atoms with van der Waals surface area (Å²) in [6, 6.07) is 3.76. The Bertz CT molecular complexity index is 448. The Kier molecular flexibility index (Phi) is 7.18. The first-order valence-corrected chi connectivity index (χ1v) is 7.63. The number of amides is 2. The Labute approximate surface area is 128 Å². The van der Waals surface area contributed by atoms with Gasteiger partial charge < -0.3 is 20.1 Å². The number of hydrogen-bond acceptors (Lipinski definition) is 4. The van der Waals surface area contributed by atoms with Gasteiger partial charge in [0.25, 0.3) is 0 Å². The van der Waals surface area contributed by atoms with Gasteiger partial charge in [-0.1, -0.05) is 6.07 Å². The zero-order chi connectivity index (χ0) is 15.8. The smallest absolute Gasteiger partial charge is 0.318 e. The van der Waals surface area contributed by atoms with Gasteiger partial charge in [0.1, 0.15) is 0 Å². The zero-order valence-corrected chi connectivity index (χ0v) is 13.4. The number of carbonyl (C=O) groups is 2. The molecule has 0 aliphatic heterocycles. The Morgan fingerprint density at radius 1 is 1.48 bits per heavy atom. The van der Waals surface area contributed by atoms with Crippen LogP contribution in [0, 0.1) is 0 Å². The van der Waals surface area contributed by atoms with Crippen molar-refractivity contribution < 1.29 is 19.4 Å². The van der Waals surface area contributed by atoms with Crippen LogP contribution < -0.4 is 5.32 Å². The van der Waals surface area contributed by atoms with E-state index in [0.717, 1.165) is 4.88 Å². The molecule has 0 radical (unpaired) electrons. The van der Waals surface area contributed by atoms with E-state index >= 15 is 0 Å². The van der Waals surface area contributed by atoms with Crippen LogP contribution in [0.4, 0.5) is 4.79 Å². The van der Waals surface area contributed by atoms with Crippen LogP contribution in [0.3, 0.4) is 0 Å². The van der Waals surface area contributed by atoms with Crippen molar-refractivity contribution in [3.05, 3.63) is 22.4 Å². The molecule has 0 saturated carbocycles. The molecule has 1 heterocycles. The highest BCUT2D eigenvalue weighted by Crippen LogP contribution is 2.14. The fourth-order valence-corrected chi connectivity index (χ4v) is 2.50. The largest absolute Gasteiger partial charge is 0.481 e. The van der Waals surface area contributed by atoms with Crippen molar-refractivity contribution >= 4 is 23.3 Å². The molecule has 0 spiro atoms. The molecule has 0 fully saturated rings. The van der Waals surface area contributed by atoms with Crippen molar-refractivity contribution in [2.24, 2.45) is 0 Å². The Hall–Kier alpha value is -1.60. The van der Waals surface area contributed by atoms with Crippen molar-refractivity contribution in [3.63, 3.8) is 0 Å². The third-order valence-electron chi connectivity index (χ3n) is 3.01. The summed E-state index contributed by atoms with van der Waals surface area (Å²) in [7, 11) is 1.44. The molecule has 21 heavy (non-hydrogen) atoms. The van der Waals surface area contributed by atoms with Crippen molar-refractivity contribution in [1.82, 2.24) is 10.2 Å². The molecule has 0 saturated heterocycles. The minimum atomic E-state index is -0.949. The summed E-state index contributed by atoms with van der Waals surface area (Å²) in [5.74, 6) is -0.949. The van der Waals surface area contributed by atoms with Gasteiger partial charge in [0, 0.05) is 24.6 Å². The summed E-state index contributed by atoms with van der Waals surface area (Å²) >= 11 is 1.60. The number of nitrogens with zero attached hydrogens (tertiary/aromatic N) is 1. The first-order chi connectivity index (χ1) is 9.93. The highest BCUT2D eigenvalue weighted by molar-refractivity contribution is 7.09. The van der Waals surface area contributed by atoms with Crippen molar-refractivity contribution in [1.29, 1.82) is 0 Å². The van der Waals surface area contributed by atoms with Gasteiger partial charge in [-0.05, 0) is 25.3 Å². The van der Waals surface area contributed by atoms with E-state index in [9.17, 15) is 9.59 Å². The van der Waals surface area contributed by atoms with Crippen LogP contribution in [0.25, 0.3) is 0 Å². The van der Waals surface area contributed by atoms with E-state index in [0.29, 0.717) is 6.54 Å². The summed E-state index contributed by atoms with van der Waals surface area (Å²) in [5.41, 5.74) is 0. The molecule has 1 aromatic heterocycles. The van der Waals surface area contributed by atoms with E-state index in [1.807, 2.05) is 31.4 Å². The predicted molar refractivity (Wildman–Crippen MR) is 81.4 cm³/mol. The van der Waals surface area contributed by atoms with Crippen LogP contribution in [0.1, 0.15) is 25.1 Å². The molecular formula is C14H22N2O4S. The molecule has 1 atom stereocenters. The SMILES string of the molecule is COC(CNC(=O)N(Cc1cccs1)C(C)C)CC(=O)O. The topological polar surface area (TPSA) is 78.9 Å². The van der Waals surface area contributed by atoms with Gasteiger partial charge in [0.2, 0.25) is 0 Å². The molecule has 0 aliphatic carbocycles. The van der Waals surface area contributed by atoms with Gasteiger partial charge in [0.15, 0.2) is 0 Å². The van der Waals surface area contributed by atoms with Crippen molar-refractivity contribution in [3.8, 4) is 0 Å². The number of methoxy groups -OCH3 is 1. The van der Waals surface area contributed by atoms with Gasteiger partial charge >= 0.3 is 12.0 Å². The molecule has 0 aliphatic rings. The maximum Gasteiger partial charge on any atom is 0.318 e. The fraction of sp³-hybridized carbons (Fsp3) is 0.571. The van der Waals surface area contributed by atoms with Crippen LogP contribution in [0.2, 0.25) is 0 Å². The predicted octanol–water partition coefficient (Wildman–Crippen LogP) is 2.16. The van der Waals surface area contributed by atoms with Crippen LogP contribution in [-0.4, -0.2) is 47.8 Å². The Morgan fingerprint density at radius 3 is 2.67 bits per heavy atom. The van der Waals surface area contributed by atoms with Crippen LogP contribution in [-0.2, 0) is 16.1 Å². The highest BCUT2D eigenvalue weighted by Gasteiger charge is 2.20. The second-order valence-corrected chi connectivity index (χ2v) is 5.97. The summed E-state index contributed by atoms with van der Waals surface area (Å²) in [4.78, 5) is 25.7. The molecule has 7 heteroatoms. The molecule has 0 aromatic carbocycles. The van der Waals surface area contributed by atoms with E-state index in [2.05, 4.69) is 5.32 Å². The van der Waals surface area contributed by atoms with Gasteiger partial charge in [-0.25, -0.2) is 4.79 Å². The molecule has 118 valence electrons. The molecule has 6 nitrogen and oxygen atoms in total. The second-order valence-electron chi connectivity index (χ2n) is 4.94. The van der Waals surface area contributed by atoms with Crippen molar-refractivity contribution in [2.75, 3.05) is 13.7 Å². The van der Waals surface area contributed by atoms with E-state index in [4.69, 9.17) is 9.84 Å². The average Bonchev–Trinajstić information content (AvgIpc) is 2.92. The third kappa shape index (κ3) is 6.14. The normalized spacial score (nSPS) is 12.2. The number of carboxylic acid groups (broad SMARTS) is 1. The standard InChI is InChI=1S/C14H22N2O4S/c1-10(2)16(9-12-5-4-6-21-12)14(19)15-8-11(20-3)7-13(17)18/h4-6,10-11H,7-9H2,1-3H3,(H,15,19)(H,17,18). The molecule has 1 rings (SSSR count). The quantitative estimate of drug-likeness (QED) is 0.770. The Morgan fingerprint density at radius 2 is 2.19 bits per heavy atom. The summed E-state index contributed by atoms with van der Waals surface area (Å²) in [6.07, 6.45) is -0.661.